The number of carbonyl (C=O) groups is 1. The van der Waals surface area contributed by atoms with E-state index in [-0.39, 0.29) is 18.1 Å². The number of aromatic nitrogens is 4. The number of aryl methyl sites for hydroxylation is 3. The third kappa shape index (κ3) is 6.20. The van der Waals surface area contributed by atoms with Crippen molar-refractivity contribution in [1.29, 1.82) is 0 Å². The zero-order chi connectivity index (χ0) is 29.2. The van der Waals surface area contributed by atoms with Crippen molar-refractivity contribution < 1.29 is 18.8 Å². The number of anilines is 2. The molecule has 1 unspecified atom stereocenters. The monoisotopic (exact) mass is 593 g/mol. The van der Waals surface area contributed by atoms with E-state index in [1.165, 1.54) is 0 Å². The average Bonchev–Trinajstić information content (AvgIpc) is 3.50. The Morgan fingerprint density at radius 3 is 2.55 bits per heavy atom. The molecule has 1 atom stereocenters. The van der Waals surface area contributed by atoms with Crippen molar-refractivity contribution in [3.63, 3.8) is 0 Å². The summed E-state index contributed by atoms with van der Waals surface area (Å²) in [6.45, 7) is 7.42. The Balaban J connectivity index is 1.03. The highest BCUT2D eigenvalue weighted by Gasteiger charge is 2.34. The summed E-state index contributed by atoms with van der Waals surface area (Å²) in [5.41, 5.74) is 4.52. The molecule has 5 heterocycles. The lowest BCUT2D eigenvalue weighted by Gasteiger charge is -2.32. The molecule has 6 rings (SSSR count). The second-order valence-corrected chi connectivity index (χ2v) is 12.8. The van der Waals surface area contributed by atoms with Gasteiger partial charge in [0.2, 0.25) is 10.8 Å². The number of fused-ring (bicyclic) bond motifs is 1. The molecule has 2 saturated heterocycles. The Labute approximate surface area is 249 Å². The van der Waals surface area contributed by atoms with Crippen molar-refractivity contribution in [1.82, 2.24) is 25.1 Å². The first-order valence-electron chi connectivity index (χ1n) is 14.8. The van der Waals surface area contributed by atoms with Gasteiger partial charge in [0.15, 0.2) is 5.82 Å². The summed E-state index contributed by atoms with van der Waals surface area (Å²) in [6.07, 6.45) is 4.29. The normalized spacial score (nSPS) is 19.5. The van der Waals surface area contributed by atoms with Gasteiger partial charge in [-0.3, -0.25) is 9.48 Å². The largest absolute Gasteiger partial charge is 0.611 e. The number of carbonyl (C=O) groups excluding carboxylic acids is 1. The Hall–Kier alpha value is -3.35. The molecule has 3 aromatic rings. The SMILES string of the molecule is Cc1nn(C)c(C)c1CNC(=O)c1ccc(OC2CCN(c3nc4c(c(NC5CCOCC5)n3)[S+]([O-])CC4)CC2)cc1. The van der Waals surface area contributed by atoms with Crippen LogP contribution in [0.25, 0.3) is 0 Å². The summed E-state index contributed by atoms with van der Waals surface area (Å²) in [4.78, 5) is 25.4. The van der Waals surface area contributed by atoms with E-state index in [9.17, 15) is 9.35 Å². The number of nitrogens with zero attached hydrogens (tertiary/aromatic N) is 5. The van der Waals surface area contributed by atoms with E-state index in [0.717, 1.165) is 97.5 Å². The first-order chi connectivity index (χ1) is 20.4. The predicted octanol–water partition coefficient (Wildman–Crippen LogP) is 3.06. The number of benzene rings is 1. The Bertz CT molecular complexity index is 1420. The minimum absolute atomic E-state index is 0.0687. The van der Waals surface area contributed by atoms with Crippen LogP contribution in [0.2, 0.25) is 0 Å². The van der Waals surface area contributed by atoms with Gasteiger partial charge in [-0.05, 0) is 62.1 Å². The lowest BCUT2D eigenvalue weighted by Crippen LogP contribution is -2.39. The first-order valence-corrected chi connectivity index (χ1v) is 16.1. The maximum atomic E-state index is 12.7. The van der Waals surface area contributed by atoms with Crippen molar-refractivity contribution in [2.24, 2.45) is 7.05 Å². The quantitative estimate of drug-likeness (QED) is 0.379. The highest BCUT2D eigenvalue weighted by molar-refractivity contribution is 7.91. The molecular weight excluding hydrogens is 554 g/mol. The van der Waals surface area contributed by atoms with Crippen molar-refractivity contribution in [3.8, 4) is 5.75 Å². The molecule has 0 radical (unpaired) electrons. The molecule has 0 saturated carbocycles. The van der Waals surface area contributed by atoms with Gasteiger partial charge in [-0.25, -0.2) is 4.98 Å². The van der Waals surface area contributed by atoms with Gasteiger partial charge >= 0.3 is 0 Å². The molecule has 0 spiro atoms. The van der Waals surface area contributed by atoms with Gasteiger partial charge in [0.05, 0.1) is 5.69 Å². The van der Waals surface area contributed by atoms with Crippen LogP contribution in [0, 0.1) is 13.8 Å². The lowest BCUT2D eigenvalue weighted by molar-refractivity contribution is 0.0903. The predicted molar refractivity (Wildman–Crippen MR) is 161 cm³/mol. The van der Waals surface area contributed by atoms with Crippen molar-refractivity contribution in [2.45, 2.75) is 69.5 Å². The van der Waals surface area contributed by atoms with Crippen LogP contribution in [0.1, 0.15) is 58.7 Å². The van der Waals surface area contributed by atoms with E-state index >= 15 is 0 Å². The summed E-state index contributed by atoms with van der Waals surface area (Å²) in [5, 5.41) is 11.0. The average molecular weight is 594 g/mol. The summed E-state index contributed by atoms with van der Waals surface area (Å²) in [6, 6.07) is 7.60. The van der Waals surface area contributed by atoms with E-state index < -0.39 is 11.2 Å². The van der Waals surface area contributed by atoms with Gasteiger partial charge < -0.3 is 29.6 Å². The van der Waals surface area contributed by atoms with Gasteiger partial charge in [0.25, 0.3) is 5.91 Å². The smallest absolute Gasteiger partial charge is 0.251 e. The van der Waals surface area contributed by atoms with Crippen molar-refractivity contribution >= 4 is 28.8 Å². The molecule has 0 aliphatic carbocycles. The maximum Gasteiger partial charge on any atom is 0.251 e. The number of amides is 1. The fraction of sp³-hybridized carbons (Fsp3) is 0.533. The van der Waals surface area contributed by atoms with Crippen LogP contribution in [-0.4, -0.2) is 74.4 Å². The zero-order valence-corrected chi connectivity index (χ0v) is 25.3. The Morgan fingerprint density at radius 1 is 1.12 bits per heavy atom. The summed E-state index contributed by atoms with van der Waals surface area (Å²) < 4.78 is 26.3. The third-order valence-electron chi connectivity index (χ3n) is 8.47. The topological polar surface area (TPSA) is 129 Å². The lowest BCUT2D eigenvalue weighted by atomic mass is 10.1. The molecular formula is C30H39N7O4S. The molecule has 1 amide bonds. The molecule has 42 heavy (non-hydrogen) atoms. The Morgan fingerprint density at radius 2 is 1.86 bits per heavy atom. The van der Waals surface area contributed by atoms with E-state index in [0.29, 0.717) is 23.8 Å². The van der Waals surface area contributed by atoms with Crippen molar-refractivity contribution in [3.05, 3.63) is 52.5 Å². The summed E-state index contributed by atoms with van der Waals surface area (Å²) >= 11 is -1.06. The molecule has 12 heteroatoms. The van der Waals surface area contributed by atoms with Gasteiger partial charge in [0, 0.05) is 82.0 Å². The van der Waals surface area contributed by atoms with Gasteiger partial charge in [0.1, 0.15) is 23.3 Å². The summed E-state index contributed by atoms with van der Waals surface area (Å²) in [7, 11) is 1.91. The number of hydrogen-bond donors (Lipinski definition) is 2. The van der Waals surface area contributed by atoms with Crippen LogP contribution in [0.15, 0.2) is 29.2 Å². The van der Waals surface area contributed by atoms with Gasteiger partial charge in [-0.1, -0.05) is 0 Å². The van der Waals surface area contributed by atoms with Crippen molar-refractivity contribution in [2.75, 3.05) is 42.3 Å². The van der Waals surface area contributed by atoms with E-state index in [4.69, 9.17) is 19.4 Å². The molecule has 11 nitrogen and oxygen atoms in total. The maximum absolute atomic E-state index is 12.7. The molecule has 2 fully saturated rings. The number of piperidine rings is 1. The van der Waals surface area contributed by atoms with Crippen LogP contribution in [0.3, 0.4) is 0 Å². The second-order valence-electron chi connectivity index (χ2n) is 11.3. The minimum atomic E-state index is -1.06. The van der Waals surface area contributed by atoms with Crippen LogP contribution in [-0.2, 0) is 35.9 Å². The minimum Gasteiger partial charge on any atom is -0.611 e. The van der Waals surface area contributed by atoms with Crippen LogP contribution in [0.4, 0.5) is 11.8 Å². The number of ether oxygens (including phenoxy) is 2. The molecule has 0 bridgehead atoms. The second kappa shape index (κ2) is 12.5. The number of rotatable bonds is 8. The van der Waals surface area contributed by atoms with Crippen LogP contribution in [0.5, 0.6) is 5.75 Å². The first kappa shape index (κ1) is 28.8. The highest BCUT2D eigenvalue weighted by Crippen LogP contribution is 2.34. The Kier molecular flexibility index (Phi) is 8.55. The van der Waals surface area contributed by atoms with E-state index in [2.05, 4.69) is 20.6 Å². The third-order valence-corrected chi connectivity index (χ3v) is 9.93. The molecule has 3 aliphatic rings. The molecule has 2 N–H and O–H groups in total. The zero-order valence-electron chi connectivity index (χ0n) is 24.5. The van der Waals surface area contributed by atoms with Gasteiger partial charge in [-0.2, -0.15) is 10.1 Å². The molecule has 1 aromatic carbocycles. The summed E-state index contributed by atoms with van der Waals surface area (Å²) in [5.74, 6) is 2.67. The molecule has 224 valence electrons. The number of nitrogens with one attached hydrogen (secondary N) is 2. The fourth-order valence-corrected chi connectivity index (χ4v) is 7.17. The fourth-order valence-electron chi connectivity index (χ4n) is 5.85. The standard InChI is InChI=1S/C30H39N7O4S/c1-19-25(20(2)36(3)35-19)18-31-29(38)21-4-6-23(7-5-21)41-24-8-13-37(14-9-24)30-33-26-12-17-42(39)27(26)28(34-30)32-22-10-15-40-16-11-22/h4-7,22,24H,8-18H2,1-3H3,(H,31,38)(H,32,33,34). The molecule has 3 aliphatic heterocycles. The highest BCUT2D eigenvalue weighted by atomic mass is 32.2. The van der Waals surface area contributed by atoms with Crippen LogP contribution >= 0.6 is 0 Å². The number of hydrogen-bond acceptors (Lipinski definition) is 9. The van der Waals surface area contributed by atoms with E-state index in [1.807, 2.05) is 37.7 Å². The van der Waals surface area contributed by atoms with Crippen LogP contribution < -0.4 is 20.3 Å². The molecule has 2 aromatic heterocycles. The van der Waals surface area contributed by atoms with Gasteiger partial charge in [-0.15, -0.1) is 0 Å². The van der Waals surface area contributed by atoms with E-state index in [1.54, 1.807) is 12.1 Å².